The molecule has 0 saturated heterocycles. The second-order valence-corrected chi connectivity index (χ2v) is 9.36. The van der Waals surface area contributed by atoms with Gasteiger partial charge in [0, 0.05) is 5.56 Å². The number of carbonyl (C=O) groups is 1. The minimum atomic E-state index is -1.39. The van der Waals surface area contributed by atoms with Crippen LogP contribution in [-0.4, -0.2) is 35.0 Å². The number of ether oxygens (including phenoxy) is 3. The summed E-state index contributed by atoms with van der Waals surface area (Å²) in [6, 6.07) is 12.7. The van der Waals surface area contributed by atoms with Gasteiger partial charge in [0.2, 0.25) is 0 Å². The molecule has 0 radical (unpaired) electrons. The van der Waals surface area contributed by atoms with Crippen LogP contribution in [0.3, 0.4) is 0 Å². The Hall–Kier alpha value is -2.83. The first-order valence-electron chi connectivity index (χ1n) is 11.2. The lowest BCUT2D eigenvalue weighted by atomic mass is 9.47. The van der Waals surface area contributed by atoms with Crippen molar-refractivity contribution in [3.8, 4) is 11.5 Å². The van der Waals surface area contributed by atoms with Crippen LogP contribution >= 0.6 is 0 Å². The van der Waals surface area contributed by atoms with Crippen molar-refractivity contribution >= 4 is 5.97 Å². The van der Waals surface area contributed by atoms with Crippen molar-refractivity contribution in [2.75, 3.05) is 7.11 Å². The molecule has 6 nitrogen and oxygen atoms in total. The summed E-state index contributed by atoms with van der Waals surface area (Å²) in [6.07, 6.45) is 3.61. The molecule has 2 N–H and O–H groups in total. The Labute approximate surface area is 186 Å². The summed E-state index contributed by atoms with van der Waals surface area (Å²) in [6.45, 7) is 0. The standard InChI is InChI=1S/C26H26O6/c1-30-18-10-9-16-14-17-8-5-12-25-20(16)22(18)32-23(25)19(11-13-26(17,25)29)31-24(28)21(27)15-6-3-2-4-7-15/h2-4,6-7,9-11,17,21,23,27,29H,5,8,12-14H2,1H3/t17-,21-,23+,25+,26-/m0/s1. The molecule has 1 fully saturated rings. The number of methoxy groups -OCH3 is 1. The SMILES string of the molecule is COc1ccc2c3c1O[C@@H]1C(OC(=O)[C@@H](O)c4ccccc4)=CC[C@]4(O)[C@@H](CCC[C@@]314)C2. The van der Waals surface area contributed by atoms with Crippen LogP contribution < -0.4 is 9.47 Å². The molecule has 32 heavy (non-hydrogen) atoms. The number of aliphatic hydroxyl groups excluding tert-OH is 1. The molecule has 166 valence electrons. The van der Waals surface area contributed by atoms with Gasteiger partial charge in [0.1, 0.15) is 5.76 Å². The number of hydrogen-bond donors (Lipinski definition) is 2. The Morgan fingerprint density at radius 2 is 2.03 bits per heavy atom. The number of carbonyl (C=O) groups excluding carboxylic acids is 1. The highest BCUT2D eigenvalue weighted by molar-refractivity contribution is 5.77. The maximum absolute atomic E-state index is 12.9. The van der Waals surface area contributed by atoms with Gasteiger partial charge in [-0.25, -0.2) is 4.79 Å². The lowest BCUT2D eigenvalue weighted by Gasteiger charge is -2.59. The van der Waals surface area contributed by atoms with E-state index in [1.54, 1.807) is 37.5 Å². The quantitative estimate of drug-likeness (QED) is 0.718. The van der Waals surface area contributed by atoms with E-state index in [1.807, 2.05) is 12.1 Å². The Morgan fingerprint density at radius 3 is 2.81 bits per heavy atom. The van der Waals surface area contributed by atoms with Gasteiger partial charge in [-0.2, -0.15) is 0 Å². The van der Waals surface area contributed by atoms with Crippen LogP contribution in [0.4, 0.5) is 0 Å². The zero-order valence-electron chi connectivity index (χ0n) is 17.9. The lowest BCUT2D eigenvalue weighted by molar-refractivity contribution is -0.165. The van der Waals surface area contributed by atoms with Crippen molar-refractivity contribution in [3.63, 3.8) is 0 Å². The van der Waals surface area contributed by atoms with Gasteiger partial charge < -0.3 is 24.4 Å². The summed E-state index contributed by atoms with van der Waals surface area (Å²) in [4.78, 5) is 12.9. The molecule has 6 rings (SSSR count). The predicted molar refractivity (Wildman–Crippen MR) is 115 cm³/mol. The molecule has 0 amide bonds. The van der Waals surface area contributed by atoms with E-state index in [4.69, 9.17) is 14.2 Å². The van der Waals surface area contributed by atoms with Crippen LogP contribution in [0.5, 0.6) is 11.5 Å². The van der Waals surface area contributed by atoms with E-state index in [1.165, 1.54) is 5.56 Å². The average Bonchev–Trinajstić information content (AvgIpc) is 3.15. The minimum Gasteiger partial charge on any atom is -0.493 e. The largest absolute Gasteiger partial charge is 0.493 e. The van der Waals surface area contributed by atoms with Crippen molar-refractivity contribution in [3.05, 3.63) is 71.0 Å². The molecule has 6 heteroatoms. The van der Waals surface area contributed by atoms with Crippen molar-refractivity contribution in [2.24, 2.45) is 5.92 Å². The molecule has 0 aromatic heterocycles. The van der Waals surface area contributed by atoms with Crippen molar-refractivity contribution in [1.29, 1.82) is 0 Å². The molecule has 1 heterocycles. The van der Waals surface area contributed by atoms with Gasteiger partial charge in [0.15, 0.2) is 23.7 Å². The molecule has 2 aromatic rings. The summed E-state index contributed by atoms with van der Waals surface area (Å²) >= 11 is 0. The third-order valence-electron chi connectivity index (χ3n) is 8.02. The first-order valence-corrected chi connectivity index (χ1v) is 11.2. The summed E-state index contributed by atoms with van der Waals surface area (Å²) in [5.74, 6) is 0.994. The fourth-order valence-electron chi connectivity index (χ4n) is 6.63. The van der Waals surface area contributed by atoms with Crippen LogP contribution in [0.2, 0.25) is 0 Å². The van der Waals surface area contributed by atoms with E-state index in [2.05, 4.69) is 6.07 Å². The number of aliphatic hydroxyl groups is 2. The third-order valence-corrected chi connectivity index (χ3v) is 8.02. The highest BCUT2D eigenvalue weighted by atomic mass is 16.6. The molecule has 0 unspecified atom stereocenters. The maximum Gasteiger partial charge on any atom is 0.344 e. The molecule has 4 aliphatic rings. The highest BCUT2D eigenvalue weighted by Crippen LogP contribution is 2.67. The second kappa shape index (κ2) is 6.83. The molecule has 2 bridgehead atoms. The maximum atomic E-state index is 12.9. The number of benzene rings is 2. The Balaban J connectivity index is 1.42. The smallest absolute Gasteiger partial charge is 0.344 e. The monoisotopic (exact) mass is 434 g/mol. The lowest BCUT2D eigenvalue weighted by Crippen LogP contribution is -2.67. The molecular formula is C26H26O6. The highest BCUT2D eigenvalue weighted by Gasteiger charge is 2.70. The normalized spacial score (nSPS) is 32.3. The summed E-state index contributed by atoms with van der Waals surface area (Å²) < 4.78 is 17.8. The minimum absolute atomic E-state index is 0.123. The zero-order valence-corrected chi connectivity index (χ0v) is 17.9. The van der Waals surface area contributed by atoms with Crippen LogP contribution in [0.15, 0.2) is 54.3 Å². The molecule has 1 saturated carbocycles. The molecule has 5 atom stereocenters. The molecule has 2 aromatic carbocycles. The predicted octanol–water partition coefficient (Wildman–Crippen LogP) is 3.35. The molecule has 3 aliphatic carbocycles. The van der Waals surface area contributed by atoms with Crippen LogP contribution in [0.25, 0.3) is 0 Å². The van der Waals surface area contributed by atoms with E-state index in [0.29, 0.717) is 29.2 Å². The summed E-state index contributed by atoms with van der Waals surface area (Å²) in [5.41, 5.74) is 1.00. The van der Waals surface area contributed by atoms with Crippen LogP contribution in [0.1, 0.15) is 48.5 Å². The number of esters is 1. The van der Waals surface area contributed by atoms with Crippen molar-refractivity contribution in [1.82, 2.24) is 0 Å². The van der Waals surface area contributed by atoms with Crippen LogP contribution in [-0.2, 0) is 21.4 Å². The van der Waals surface area contributed by atoms with Gasteiger partial charge in [0.05, 0.1) is 18.1 Å². The molecular weight excluding hydrogens is 408 g/mol. The summed E-state index contributed by atoms with van der Waals surface area (Å²) in [5, 5.41) is 22.6. The zero-order chi connectivity index (χ0) is 22.1. The van der Waals surface area contributed by atoms with Crippen LogP contribution in [0, 0.1) is 5.92 Å². The Morgan fingerprint density at radius 1 is 1.22 bits per heavy atom. The van der Waals surface area contributed by atoms with Gasteiger partial charge in [-0.1, -0.05) is 42.8 Å². The number of hydrogen-bond acceptors (Lipinski definition) is 6. The average molecular weight is 434 g/mol. The van der Waals surface area contributed by atoms with Gasteiger partial charge in [-0.3, -0.25) is 0 Å². The fraction of sp³-hybridized carbons (Fsp3) is 0.423. The summed E-state index contributed by atoms with van der Waals surface area (Å²) in [7, 11) is 1.60. The van der Waals surface area contributed by atoms with E-state index in [0.717, 1.165) is 31.2 Å². The van der Waals surface area contributed by atoms with Gasteiger partial charge in [0.25, 0.3) is 0 Å². The van der Waals surface area contributed by atoms with Crippen molar-refractivity contribution < 1.29 is 29.2 Å². The second-order valence-electron chi connectivity index (χ2n) is 9.36. The Bertz CT molecular complexity index is 1120. The molecule has 1 spiro atoms. The third kappa shape index (κ3) is 2.39. The number of rotatable bonds is 4. The van der Waals surface area contributed by atoms with Gasteiger partial charge in [-0.05, 0) is 54.9 Å². The van der Waals surface area contributed by atoms with E-state index < -0.39 is 29.2 Å². The topological polar surface area (TPSA) is 85.2 Å². The first-order chi connectivity index (χ1) is 15.5. The fourth-order valence-corrected chi connectivity index (χ4v) is 6.63. The Kier molecular flexibility index (Phi) is 4.23. The van der Waals surface area contributed by atoms with Gasteiger partial charge in [-0.15, -0.1) is 0 Å². The van der Waals surface area contributed by atoms with Crippen molar-refractivity contribution in [2.45, 2.75) is 55.3 Å². The van der Waals surface area contributed by atoms with E-state index in [-0.39, 0.29) is 5.92 Å². The van der Waals surface area contributed by atoms with E-state index >= 15 is 0 Å². The first kappa shape index (κ1) is 19.8. The van der Waals surface area contributed by atoms with E-state index in [9.17, 15) is 15.0 Å². The molecule has 1 aliphatic heterocycles. The van der Waals surface area contributed by atoms with Gasteiger partial charge >= 0.3 is 5.97 Å².